The van der Waals surface area contributed by atoms with Gasteiger partial charge in [0, 0.05) is 11.6 Å². The first kappa shape index (κ1) is 12.5. The second kappa shape index (κ2) is 5.22. The Morgan fingerprint density at radius 1 is 1.00 bits per heavy atom. The number of hydrogen-bond acceptors (Lipinski definition) is 4. The van der Waals surface area contributed by atoms with Gasteiger partial charge in [-0.1, -0.05) is 48.5 Å². The molecular formula is C15H15N5. The quantitative estimate of drug-likeness (QED) is 0.789. The van der Waals surface area contributed by atoms with Crippen LogP contribution in [0.2, 0.25) is 0 Å². The van der Waals surface area contributed by atoms with Crippen LogP contribution in [0.3, 0.4) is 0 Å². The van der Waals surface area contributed by atoms with Crippen molar-refractivity contribution in [2.45, 2.75) is 13.0 Å². The molecule has 5 heteroatoms. The minimum Gasteiger partial charge on any atom is -0.324 e. The summed E-state index contributed by atoms with van der Waals surface area (Å²) in [5.74, 6) is 0.602. The van der Waals surface area contributed by atoms with Crippen LogP contribution in [-0.2, 0) is 0 Å². The lowest BCUT2D eigenvalue weighted by atomic mass is 10.1. The summed E-state index contributed by atoms with van der Waals surface area (Å²) >= 11 is 0. The molecule has 1 heterocycles. The van der Waals surface area contributed by atoms with E-state index in [1.807, 2.05) is 61.5 Å². The van der Waals surface area contributed by atoms with Gasteiger partial charge in [-0.25, -0.2) is 0 Å². The van der Waals surface area contributed by atoms with Crippen LogP contribution in [0.4, 0.5) is 0 Å². The van der Waals surface area contributed by atoms with E-state index in [0.717, 1.165) is 16.8 Å². The fourth-order valence-electron chi connectivity index (χ4n) is 2.07. The lowest BCUT2D eigenvalue weighted by Crippen LogP contribution is -2.11. The molecule has 0 amide bonds. The van der Waals surface area contributed by atoms with Crippen molar-refractivity contribution in [2.24, 2.45) is 5.73 Å². The standard InChI is InChI=1S/C15H15N5/c1-11(16)13-9-5-6-10-14(13)20-18-15(17-19-20)12-7-3-2-4-8-12/h2-11H,16H2,1H3/t11-/m1/s1. The number of para-hydroxylation sites is 1. The Kier molecular flexibility index (Phi) is 3.26. The Hall–Kier alpha value is -2.53. The van der Waals surface area contributed by atoms with Crippen LogP contribution < -0.4 is 5.73 Å². The fourth-order valence-corrected chi connectivity index (χ4v) is 2.07. The van der Waals surface area contributed by atoms with Gasteiger partial charge in [-0.3, -0.25) is 0 Å². The molecular weight excluding hydrogens is 250 g/mol. The van der Waals surface area contributed by atoms with E-state index < -0.39 is 0 Å². The number of nitrogens with two attached hydrogens (primary N) is 1. The average Bonchev–Trinajstić information content (AvgIpc) is 2.98. The highest BCUT2D eigenvalue weighted by Gasteiger charge is 2.12. The molecule has 0 aliphatic heterocycles. The van der Waals surface area contributed by atoms with E-state index in [0.29, 0.717) is 5.82 Å². The number of rotatable bonds is 3. The third kappa shape index (κ3) is 2.31. The van der Waals surface area contributed by atoms with Crippen LogP contribution >= 0.6 is 0 Å². The van der Waals surface area contributed by atoms with Crippen LogP contribution in [0.15, 0.2) is 54.6 Å². The van der Waals surface area contributed by atoms with E-state index in [2.05, 4.69) is 15.4 Å². The van der Waals surface area contributed by atoms with E-state index in [-0.39, 0.29) is 6.04 Å². The summed E-state index contributed by atoms with van der Waals surface area (Å²) in [6.07, 6.45) is 0. The molecule has 0 fully saturated rings. The molecule has 20 heavy (non-hydrogen) atoms. The molecule has 2 aromatic carbocycles. The third-order valence-electron chi connectivity index (χ3n) is 3.09. The van der Waals surface area contributed by atoms with Gasteiger partial charge in [0.25, 0.3) is 0 Å². The van der Waals surface area contributed by atoms with E-state index in [1.54, 1.807) is 0 Å². The summed E-state index contributed by atoms with van der Waals surface area (Å²) < 4.78 is 0. The number of nitrogens with zero attached hydrogens (tertiary/aromatic N) is 4. The normalized spacial score (nSPS) is 12.3. The summed E-state index contributed by atoms with van der Waals surface area (Å²) in [7, 11) is 0. The van der Waals surface area contributed by atoms with Gasteiger partial charge in [-0.05, 0) is 23.8 Å². The summed E-state index contributed by atoms with van der Waals surface area (Å²) in [5.41, 5.74) is 8.77. The number of tetrazole rings is 1. The lowest BCUT2D eigenvalue weighted by Gasteiger charge is -2.10. The molecule has 0 saturated heterocycles. The van der Waals surface area contributed by atoms with Gasteiger partial charge in [0.05, 0.1) is 5.69 Å². The first-order valence-electron chi connectivity index (χ1n) is 6.46. The van der Waals surface area contributed by atoms with Crippen LogP contribution in [0.5, 0.6) is 0 Å². The Morgan fingerprint density at radius 3 is 2.45 bits per heavy atom. The van der Waals surface area contributed by atoms with E-state index in [4.69, 9.17) is 5.73 Å². The van der Waals surface area contributed by atoms with Gasteiger partial charge in [-0.2, -0.15) is 0 Å². The van der Waals surface area contributed by atoms with Crippen molar-refractivity contribution >= 4 is 0 Å². The Morgan fingerprint density at radius 2 is 1.70 bits per heavy atom. The highest BCUT2D eigenvalue weighted by molar-refractivity contribution is 5.53. The Labute approximate surface area is 117 Å². The highest BCUT2D eigenvalue weighted by Crippen LogP contribution is 2.19. The molecule has 0 saturated carbocycles. The maximum Gasteiger partial charge on any atom is 0.205 e. The third-order valence-corrected chi connectivity index (χ3v) is 3.09. The molecule has 0 spiro atoms. The SMILES string of the molecule is C[C@@H](N)c1ccccc1-n1nnc(-c2ccccc2)n1. The minimum absolute atomic E-state index is 0.0858. The zero-order valence-corrected chi connectivity index (χ0v) is 11.1. The van der Waals surface area contributed by atoms with Crippen LogP contribution in [0, 0.1) is 0 Å². The summed E-state index contributed by atoms with van der Waals surface area (Å²) in [5, 5.41) is 12.7. The second-order valence-corrected chi connectivity index (χ2v) is 4.62. The fraction of sp³-hybridized carbons (Fsp3) is 0.133. The van der Waals surface area contributed by atoms with Crippen LogP contribution in [0.25, 0.3) is 17.1 Å². The zero-order valence-electron chi connectivity index (χ0n) is 11.1. The summed E-state index contributed by atoms with van der Waals surface area (Å²) in [6.45, 7) is 1.94. The molecule has 3 aromatic rings. The smallest absolute Gasteiger partial charge is 0.205 e. The zero-order chi connectivity index (χ0) is 13.9. The van der Waals surface area contributed by atoms with Crippen molar-refractivity contribution in [3.8, 4) is 17.1 Å². The Balaban J connectivity index is 2.03. The lowest BCUT2D eigenvalue weighted by molar-refractivity contribution is 0.695. The average molecular weight is 265 g/mol. The monoisotopic (exact) mass is 265 g/mol. The second-order valence-electron chi connectivity index (χ2n) is 4.62. The molecule has 100 valence electrons. The Bertz CT molecular complexity index is 703. The largest absolute Gasteiger partial charge is 0.324 e. The topological polar surface area (TPSA) is 69.6 Å². The first-order valence-corrected chi connectivity index (χ1v) is 6.46. The van der Waals surface area contributed by atoms with Gasteiger partial charge < -0.3 is 5.73 Å². The molecule has 0 aliphatic carbocycles. The van der Waals surface area contributed by atoms with Crippen LogP contribution in [0.1, 0.15) is 18.5 Å². The highest BCUT2D eigenvalue weighted by atomic mass is 15.6. The van der Waals surface area contributed by atoms with Gasteiger partial charge in [0.15, 0.2) is 0 Å². The maximum atomic E-state index is 5.98. The van der Waals surface area contributed by atoms with E-state index in [9.17, 15) is 0 Å². The van der Waals surface area contributed by atoms with Crippen molar-refractivity contribution in [3.05, 3.63) is 60.2 Å². The molecule has 0 radical (unpaired) electrons. The van der Waals surface area contributed by atoms with Gasteiger partial charge >= 0.3 is 0 Å². The number of benzene rings is 2. The number of hydrogen-bond donors (Lipinski definition) is 1. The van der Waals surface area contributed by atoms with Crippen molar-refractivity contribution in [2.75, 3.05) is 0 Å². The molecule has 0 unspecified atom stereocenters. The molecule has 0 bridgehead atoms. The number of aromatic nitrogens is 4. The van der Waals surface area contributed by atoms with Crippen molar-refractivity contribution < 1.29 is 0 Å². The molecule has 2 N–H and O–H groups in total. The molecule has 1 aromatic heterocycles. The van der Waals surface area contributed by atoms with Gasteiger partial charge in [0.2, 0.25) is 5.82 Å². The van der Waals surface area contributed by atoms with Crippen molar-refractivity contribution in [3.63, 3.8) is 0 Å². The predicted octanol–water partition coefficient (Wildman–Crippen LogP) is 2.35. The molecule has 5 nitrogen and oxygen atoms in total. The maximum absolute atomic E-state index is 5.98. The van der Waals surface area contributed by atoms with Gasteiger partial charge in [0.1, 0.15) is 0 Å². The van der Waals surface area contributed by atoms with Crippen molar-refractivity contribution in [1.29, 1.82) is 0 Å². The molecule has 1 atom stereocenters. The molecule has 3 rings (SSSR count). The minimum atomic E-state index is -0.0858. The van der Waals surface area contributed by atoms with Crippen molar-refractivity contribution in [1.82, 2.24) is 20.2 Å². The van der Waals surface area contributed by atoms with E-state index in [1.165, 1.54) is 4.80 Å². The predicted molar refractivity (Wildman–Crippen MR) is 77.2 cm³/mol. The van der Waals surface area contributed by atoms with E-state index >= 15 is 0 Å². The molecule has 0 aliphatic rings. The van der Waals surface area contributed by atoms with Gasteiger partial charge in [-0.15, -0.1) is 15.0 Å². The summed E-state index contributed by atoms with van der Waals surface area (Å²) in [4.78, 5) is 1.53. The summed E-state index contributed by atoms with van der Waals surface area (Å²) in [6, 6.07) is 17.5. The first-order chi connectivity index (χ1) is 9.75. The van der Waals surface area contributed by atoms with Crippen LogP contribution in [-0.4, -0.2) is 20.2 Å².